The highest BCUT2D eigenvalue weighted by atomic mass is 16.5. The Kier molecular flexibility index (Phi) is 18.0. The van der Waals surface area contributed by atoms with Crippen LogP contribution in [0.3, 0.4) is 0 Å². The van der Waals surface area contributed by atoms with Gasteiger partial charge in [0.25, 0.3) is 0 Å². The Morgan fingerprint density at radius 2 is 1.53 bits per heavy atom. The molecule has 1 aliphatic heterocycles. The summed E-state index contributed by atoms with van der Waals surface area (Å²) >= 11 is 0. The number of carbonyl (C=O) groups is 4. The quantitative estimate of drug-likeness (QED) is 0.160. The normalized spacial score (nSPS) is 20.1. The molecule has 2 rings (SSSR count). The van der Waals surface area contributed by atoms with Crippen molar-refractivity contribution >= 4 is 23.6 Å². The summed E-state index contributed by atoms with van der Waals surface area (Å²) in [6.07, 6.45) is 0.147. The molecule has 12 heteroatoms. The molecule has 1 aliphatic rings. The molecule has 1 saturated heterocycles. The third kappa shape index (κ3) is 11.5. The molecule has 1 aromatic carbocycles. The molecule has 0 aliphatic carbocycles. The van der Waals surface area contributed by atoms with Gasteiger partial charge in [-0.15, -0.1) is 0 Å². The topological polar surface area (TPSA) is 150 Å². The largest absolute Gasteiger partial charge is 0.386 e. The van der Waals surface area contributed by atoms with Gasteiger partial charge in [0.1, 0.15) is 6.04 Å². The van der Waals surface area contributed by atoms with Crippen molar-refractivity contribution in [3.8, 4) is 0 Å². The van der Waals surface area contributed by atoms with Gasteiger partial charge in [-0.05, 0) is 50.1 Å². The third-order valence-electron chi connectivity index (χ3n) is 10.7. The Balaban J connectivity index is 2.24. The van der Waals surface area contributed by atoms with Crippen LogP contribution in [0, 0.1) is 23.7 Å². The highest BCUT2D eigenvalue weighted by Crippen LogP contribution is 2.30. The van der Waals surface area contributed by atoms with Crippen molar-refractivity contribution in [3.05, 3.63) is 35.9 Å². The van der Waals surface area contributed by atoms with Gasteiger partial charge in [0.05, 0.1) is 54.8 Å². The maximum atomic E-state index is 14.1. The predicted octanol–water partition coefficient (Wildman–Crippen LogP) is 3.53. The summed E-state index contributed by atoms with van der Waals surface area (Å²) in [6.45, 7) is 15.9. The first kappa shape index (κ1) is 44.1. The first-order valence-corrected chi connectivity index (χ1v) is 18.7. The minimum absolute atomic E-state index is 0.0148. The van der Waals surface area contributed by atoms with Crippen molar-refractivity contribution in [2.45, 2.75) is 130 Å². The number of hydrogen-bond acceptors (Lipinski definition) is 8. The fourth-order valence-corrected chi connectivity index (χ4v) is 7.42. The highest BCUT2D eigenvalue weighted by molar-refractivity contribution is 5.90. The minimum Gasteiger partial charge on any atom is -0.386 e. The number of ether oxygens (including phenoxy) is 2. The van der Waals surface area contributed by atoms with Gasteiger partial charge in [0, 0.05) is 27.8 Å². The van der Waals surface area contributed by atoms with Crippen molar-refractivity contribution in [1.29, 1.82) is 0 Å². The van der Waals surface area contributed by atoms with Gasteiger partial charge in [-0.2, -0.15) is 0 Å². The van der Waals surface area contributed by atoms with Gasteiger partial charge in [0.15, 0.2) is 0 Å². The predicted molar refractivity (Wildman–Crippen MR) is 200 cm³/mol. The Hall–Kier alpha value is -3.06. The van der Waals surface area contributed by atoms with Gasteiger partial charge in [-0.3, -0.25) is 19.2 Å². The molecule has 0 saturated carbocycles. The monoisotopic (exact) mass is 718 g/mol. The second-order valence-electron chi connectivity index (χ2n) is 15.0. The Morgan fingerprint density at radius 3 is 2.04 bits per heavy atom. The van der Waals surface area contributed by atoms with Crippen LogP contribution in [0.15, 0.2) is 30.3 Å². The second-order valence-corrected chi connectivity index (χ2v) is 15.0. The van der Waals surface area contributed by atoms with Crippen molar-refractivity contribution in [1.82, 2.24) is 25.8 Å². The molecule has 0 aromatic heterocycles. The van der Waals surface area contributed by atoms with Crippen LogP contribution in [-0.4, -0.2) is 116 Å². The number of amides is 4. The summed E-state index contributed by atoms with van der Waals surface area (Å²) in [4.78, 5) is 58.3. The van der Waals surface area contributed by atoms with Crippen molar-refractivity contribution in [3.63, 3.8) is 0 Å². The van der Waals surface area contributed by atoms with Crippen LogP contribution in [0.5, 0.6) is 0 Å². The lowest BCUT2D eigenvalue weighted by atomic mass is 9.89. The van der Waals surface area contributed by atoms with E-state index in [1.807, 2.05) is 71.9 Å². The van der Waals surface area contributed by atoms with Gasteiger partial charge >= 0.3 is 0 Å². The maximum absolute atomic E-state index is 14.1. The van der Waals surface area contributed by atoms with E-state index in [1.165, 1.54) is 0 Å². The molecule has 0 radical (unpaired) electrons. The summed E-state index contributed by atoms with van der Waals surface area (Å²) in [5.41, 5.74) is 0.711. The second kappa shape index (κ2) is 20.8. The number of hydrogen-bond donors (Lipinski definition) is 4. The molecule has 1 aromatic rings. The number of likely N-dealkylation sites (tertiary alicyclic amines) is 1. The van der Waals surface area contributed by atoms with Crippen LogP contribution < -0.4 is 16.0 Å². The van der Waals surface area contributed by atoms with Crippen molar-refractivity contribution in [2.24, 2.45) is 23.7 Å². The van der Waals surface area contributed by atoms with Gasteiger partial charge in [-0.25, -0.2) is 0 Å². The number of nitrogens with one attached hydrogen (secondary N) is 3. The summed E-state index contributed by atoms with van der Waals surface area (Å²) in [5.74, 6) is -1.62. The van der Waals surface area contributed by atoms with Crippen LogP contribution in [0.4, 0.5) is 0 Å². The molecule has 3 unspecified atom stereocenters. The van der Waals surface area contributed by atoms with E-state index in [0.717, 1.165) is 12.8 Å². The number of methoxy groups -OCH3 is 2. The lowest BCUT2D eigenvalue weighted by molar-refractivity contribution is -0.148. The lowest BCUT2D eigenvalue weighted by Gasteiger charge is -2.41. The smallest absolute Gasteiger partial charge is 0.245 e. The van der Waals surface area contributed by atoms with Gasteiger partial charge in [0.2, 0.25) is 23.6 Å². The average molecular weight is 718 g/mol. The molecule has 51 heavy (non-hydrogen) atoms. The van der Waals surface area contributed by atoms with Gasteiger partial charge < -0.3 is 40.3 Å². The number of aliphatic hydroxyl groups is 1. The zero-order chi connectivity index (χ0) is 38.6. The summed E-state index contributed by atoms with van der Waals surface area (Å²) in [6, 6.07) is 6.67. The van der Waals surface area contributed by atoms with Crippen LogP contribution in [0.2, 0.25) is 0 Å². The highest BCUT2D eigenvalue weighted by Gasteiger charge is 2.43. The lowest BCUT2D eigenvalue weighted by Crippen LogP contribution is -2.59. The van der Waals surface area contributed by atoms with Crippen LogP contribution in [0.1, 0.15) is 92.7 Å². The number of carbonyl (C=O) groups excluding carboxylic acids is 4. The SMILES string of the molecule is CC[C@H](C)[C@@H]([C@@H](CC(=O)N1CCCC1[C@H](OC)[C@@H](C)C(=O)N[C@H](C)[C@@H](O)c1ccccc1)OC)N(C)C(=O)C(NC(=O)C(NC)C(C)C)C(C)C. The molecule has 1 heterocycles. The third-order valence-corrected chi connectivity index (χ3v) is 10.7. The van der Waals surface area contributed by atoms with Crippen molar-refractivity contribution in [2.75, 3.05) is 34.9 Å². The molecule has 1 fully saturated rings. The molecule has 0 bridgehead atoms. The fraction of sp³-hybridized carbons (Fsp3) is 0.744. The Bertz CT molecular complexity index is 1250. The first-order chi connectivity index (χ1) is 24.0. The number of nitrogens with zero attached hydrogens (tertiary/aromatic N) is 2. The van der Waals surface area contributed by atoms with Crippen LogP contribution in [0.25, 0.3) is 0 Å². The summed E-state index contributed by atoms with van der Waals surface area (Å²) in [7, 11) is 6.57. The zero-order valence-corrected chi connectivity index (χ0v) is 33.1. The first-order valence-electron chi connectivity index (χ1n) is 18.7. The molecule has 10 atom stereocenters. The van der Waals surface area contributed by atoms with E-state index in [1.54, 1.807) is 52.0 Å². The summed E-state index contributed by atoms with van der Waals surface area (Å²) in [5, 5.41) is 19.8. The van der Waals surface area contributed by atoms with Gasteiger partial charge in [-0.1, -0.05) is 85.2 Å². The minimum atomic E-state index is -0.875. The van der Waals surface area contributed by atoms with Crippen molar-refractivity contribution < 1.29 is 33.8 Å². The number of rotatable bonds is 20. The fourth-order valence-electron chi connectivity index (χ4n) is 7.42. The molecular weight excluding hydrogens is 650 g/mol. The number of likely N-dealkylation sites (N-methyl/N-ethyl adjacent to an activating group) is 2. The van der Waals surface area contributed by atoms with Crippen LogP contribution in [-0.2, 0) is 28.7 Å². The van der Waals surface area contributed by atoms with E-state index in [2.05, 4.69) is 16.0 Å². The van der Waals surface area contributed by atoms with E-state index in [-0.39, 0.29) is 53.8 Å². The molecule has 0 spiro atoms. The molecule has 290 valence electrons. The Morgan fingerprint density at radius 1 is 0.922 bits per heavy atom. The molecular formula is C39H67N5O7. The van der Waals surface area contributed by atoms with E-state index < -0.39 is 48.4 Å². The Labute approximate surface area is 306 Å². The average Bonchev–Trinajstić information content (AvgIpc) is 3.59. The standard InChI is InChI=1S/C39H67N5O7/c1-13-25(6)34(43(10)39(49)33(24(4)5)42-38(48)32(40-9)23(2)3)30(50-11)22-31(45)44-21-17-20-29(44)36(51-12)26(7)37(47)41-27(8)35(46)28-18-15-14-16-19-28/h14-16,18-19,23-27,29-30,32-36,40,46H,13,17,20-22H2,1-12H3,(H,41,47)(H,42,48)/t25-,26+,27+,29?,30+,32?,33?,34-,35+,36+/m0/s1. The summed E-state index contributed by atoms with van der Waals surface area (Å²) < 4.78 is 11.9. The molecule has 12 nitrogen and oxygen atoms in total. The van der Waals surface area contributed by atoms with E-state index in [4.69, 9.17) is 9.47 Å². The van der Waals surface area contributed by atoms with E-state index in [0.29, 0.717) is 18.5 Å². The maximum Gasteiger partial charge on any atom is 0.245 e. The van der Waals surface area contributed by atoms with E-state index >= 15 is 0 Å². The van der Waals surface area contributed by atoms with Crippen LogP contribution >= 0.6 is 0 Å². The zero-order valence-electron chi connectivity index (χ0n) is 33.1. The molecule has 4 N–H and O–H groups in total. The van der Waals surface area contributed by atoms with E-state index in [9.17, 15) is 24.3 Å². The molecule has 4 amide bonds. The number of benzene rings is 1. The number of aliphatic hydroxyl groups excluding tert-OH is 1.